The first-order chi connectivity index (χ1) is 15.4. The van der Waals surface area contributed by atoms with Gasteiger partial charge in [-0.05, 0) is 50.5 Å². The summed E-state index contributed by atoms with van der Waals surface area (Å²) in [5.41, 5.74) is 4.89. The fourth-order valence-electron chi connectivity index (χ4n) is 3.43. The van der Waals surface area contributed by atoms with Crippen LogP contribution in [0.3, 0.4) is 0 Å². The number of nitrogens with one attached hydrogen (secondary N) is 2. The Bertz CT molecular complexity index is 1110. The van der Waals surface area contributed by atoms with Gasteiger partial charge < -0.3 is 15.2 Å². The first-order valence-electron chi connectivity index (χ1n) is 10.7. The molecule has 0 saturated carbocycles. The molecule has 0 bridgehead atoms. The molecule has 0 unspecified atom stereocenters. The number of rotatable bonds is 9. The van der Waals surface area contributed by atoms with Gasteiger partial charge >= 0.3 is 0 Å². The summed E-state index contributed by atoms with van der Waals surface area (Å²) in [7, 11) is 0. The maximum Gasteiger partial charge on any atom is 0.234 e. The third-order valence-corrected chi connectivity index (χ3v) is 6.06. The van der Waals surface area contributed by atoms with Gasteiger partial charge in [-0.1, -0.05) is 54.6 Å². The van der Waals surface area contributed by atoms with E-state index in [9.17, 15) is 9.59 Å². The Morgan fingerprint density at radius 2 is 1.72 bits per heavy atom. The molecule has 32 heavy (non-hydrogen) atoms. The van der Waals surface area contributed by atoms with Crippen molar-refractivity contribution < 1.29 is 9.59 Å². The van der Waals surface area contributed by atoms with Gasteiger partial charge in [-0.25, -0.2) is 0 Å². The number of hydrogen-bond acceptors (Lipinski definition) is 5. The van der Waals surface area contributed by atoms with Crippen LogP contribution in [0.2, 0.25) is 0 Å². The number of amides is 2. The van der Waals surface area contributed by atoms with Gasteiger partial charge in [0.05, 0.1) is 12.2 Å². The number of carbonyl (C=O) groups is 2. The lowest BCUT2D eigenvalue weighted by atomic mass is 10.1. The Hall–Kier alpha value is -3.13. The van der Waals surface area contributed by atoms with Crippen molar-refractivity contribution in [1.29, 1.82) is 0 Å². The van der Waals surface area contributed by atoms with Gasteiger partial charge in [0, 0.05) is 17.9 Å². The highest BCUT2D eigenvalue weighted by atomic mass is 32.2. The SMILES string of the molecule is CCc1ccccc1NC(=O)Cc1nnc(SCC(=O)Nc2ccc(C)cc2C)n1CC. The van der Waals surface area contributed by atoms with E-state index in [1.165, 1.54) is 11.8 Å². The van der Waals surface area contributed by atoms with Crippen molar-refractivity contribution in [1.82, 2.24) is 14.8 Å². The monoisotopic (exact) mass is 451 g/mol. The van der Waals surface area contributed by atoms with Crippen LogP contribution in [0.5, 0.6) is 0 Å². The minimum atomic E-state index is -0.142. The number of hydrogen-bond donors (Lipinski definition) is 2. The Morgan fingerprint density at radius 3 is 2.44 bits per heavy atom. The summed E-state index contributed by atoms with van der Waals surface area (Å²) >= 11 is 1.31. The van der Waals surface area contributed by atoms with Crippen molar-refractivity contribution in [2.45, 2.75) is 52.2 Å². The zero-order valence-electron chi connectivity index (χ0n) is 18.9. The Kier molecular flexibility index (Phi) is 8.05. The van der Waals surface area contributed by atoms with Gasteiger partial charge in [-0.2, -0.15) is 0 Å². The van der Waals surface area contributed by atoms with Crippen molar-refractivity contribution in [3.8, 4) is 0 Å². The Labute approximate surface area is 193 Å². The van der Waals surface area contributed by atoms with Gasteiger partial charge in [0.2, 0.25) is 11.8 Å². The molecule has 0 aliphatic carbocycles. The fourth-order valence-corrected chi connectivity index (χ4v) is 4.25. The number of para-hydroxylation sites is 1. The minimum Gasteiger partial charge on any atom is -0.325 e. The normalized spacial score (nSPS) is 10.8. The van der Waals surface area contributed by atoms with Crippen LogP contribution in [0, 0.1) is 13.8 Å². The number of nitrogens with zero attached hydrogens (tertiary/aromatic N) is 3. The molecule has 2 amide bonds. The second-order valence-electron chi connectivity index (χ2n) is 7.53. The first-order valence-corrected chi connectivity index (χ1v) is 11.7. The molecule has 0 radical (unpaired) electrons. The van der Waals surface area contributed by atoms with Crippen LogP contribution in [-0.4, -0.2) is 32.3 Å². The Balaban J connectivity index is 1.60. The zero-order valence-corrected chi connectivity index (χ0v) is 19.8. The topological polar surface area (TPSA) is 88.9 Å². The summed E-state index contributed by atoms with van der Waals surface area (Å²) in [5.74, 6) is 0.540. The van der Waals surface area contributed by atoms with Crippen molar-refractivity contribution in [2.24, 2.45) is 0 Å². The van der Waals surface area contributed by atoms with Crippen molar-refractivity contribution in [3.05, 3.63) is 65.0 Å². The van der Waals surface area contributed by atoms with Gasteiger partial charge in [0.15, 0.2) is 5.16 Å². The van der Waals surface area contributed by atoms with Crippen LogP contribution in [-0.2, 0) is 29.0 Å². The predicted octanol–water partition coefficient (Wildman–Crippen LogP) is 4.39. The molecular weight excluding hydrogens is 422 g/mol. The standard InChI is InChI=1S/C24H29N5O2S/c1-5-18-9-7-8-10-20(18)26-22(30)14-21-27-28-24(29(21)6-2)32-15-23(31)25-19-12-11-16(3)13-17(19)4/h7-13H,5-6,14-15H2,1-4H3,(H,25,31)(H,26,30). The molecule has 0 atom stereocenters. The van der Waals surface area contributed by atoms with Crippen LogP contribution in [0.1, 0.15) is 36.4 Å². The van der Waals surface area contributed by atoms with Gasteiger partial charge in [0.1, 0.15) is 5.82 Å². The van der Waals surface area contributed by atoms with Crippen molar-refractivity contribution >= 4 is 35.0 Å². The van der Waals surface area contributed by atoms with Crippen LogP contribution >= 0.6 is 11.8 Å². The molecule has 7 nitrogen and oxygen atoms in total. The molecule has 0 aliphatic heterocycles. The van der Waals surface area contributed by atoms with Gasteiger partial charge in [-0.15, -0.1) is 10.2 Å². The average molecular weight is 452 g/mol. The van der Waals surface area contributed by atoms with E-state index in [1.54, 1.807) is 0 Å². The number of anilines is 2. The van der Waals surface area contributed by atoms with Crippen molar-refractivity contribution in [2.75, 3.05) is 16.4 Å². The van der Waals surface area contributed by atoms with Crippen LogP contribution in [0.4, 0.5) is 11.4 Å². The van der Waals surface area contributed by atoms with Crippen LogP contribution in [0.25, 0.3) is 0 Å². The molecule has 1 aromatic heterocycles. The van der Waals surface area contributed by atoms with E-state index in [1.807, 2.05) is 67.8 Å². The van der Waals surface area contributed by atoms with Crippen LogP contribution in [0.15, 0.2) is 47.6 Å². The molecule has 168 valence electrons. The third-order valence-electron chi connectivity index (χ3n) is 5.09. The lowest BCUT2D eigenvalue weighted by molar-refractivity contribution is -0.116. The minimum absolute atomic E-state index is 0.108. The molecule has 3 aromatic rings. The highest BCUT2D eigenvalue weighted by Gasteiger charge is 2.17. The summed E-state index contributed by atoms with van der Waals surface area (Å²) in [6.07, 6.45) is 0.959. The van der Waals surface area contributed by atoms with E-state index in [4.69, 9.17) is 0 Å². The smallest absolute Gasteiger partial charge is 0.234 e. The number of benzene rings is 2. The second-order valence-corrected chi connectivity index (χ2v) is 8.48. The summed E-state index contributed by atoms with van der Waals surface area (Å²) < 4.78 is 1.88. The molecule has 1 heterocycles. The second kappa shape index (κ2) is 10.9. The molecule has 0 saturated heterocycles. The lowest BCUT2D eigenvalue weighted by Gasteiger charge is -2.11. The summed E-state index contributed by atoms with van der Waals surface area (Å²) in [6.45, 7) is 8.63. The Morgan fingerprint density at radius 1 is 0.969 bits per heavy atom. The molecule has 3 rings (SSSR count). The highest BCUT2D eigenvalue weighted by Crippen LogP contribution is 2.21. The zero-order chi connectivity index (χ0) is 23.1. The first kappa shape index (κ1) is 23.5. The largest absolute Gasteiger partial charge is 0.325 e. The molecule has 2 N–H and O–H groups in total. The van der Waals surface area contributed by atoms with Gasteiger partial charge in [-0.3, -0.25) is 9.59 Å². The van der Waals surface area contributed by atoms with Crippen LogP contribution < -0.4 is 10.6 Å². The molecular formula is C24H29N5O2S. The fraction of sp³-hybridized carbons (Fsp3) is 0.333. The third kappa shape index (κ3) is 5.97. The molecule has 0 fully saturated rings. The van der Waals surface area contributed by atoms with Gasteiger partial charge in [0.25, 0.3) is 0 Å². The van der Waals surface area contributed by atoms with E-state index in [0.717, 1.165) is 34.5 Å². The predicted molar refractivity (Wildman–Crippen MR) is 129 cm³/mol. The number of aryl methyl sites for hydroxylation is 3. The maximum absolute atomic E-state index is 12.6. The maximum atomic E-state index is 12.6. The van der Waals surface area contributed by atoms with Crippen molar-refractivity contribution in [3.63, 3.8) is 0 Å². The van der Waals surface area contributed by atoms with E-state index in [2.05, 4.69) is 27.8 Å². The molecule has 0 spiro atoms. The summed E-state index contributed by atoms with van der Waals surface area (Å²) in [4.78, 5) is 25.0. The lowest BCUT2D eigenvalue weighted by Crippen LogP contribution is -2.19. The quantitative estimate of drug-likeness (QED) is 0.471. The summed E-state index contributed by atoms with van der Waals surface area (Å²) in [5, 5.41) is 14.9. The highest BCUT2D eigenvalue weighted by molar-refractivity contribution is 7.99. The number of aromatic nitrogens is 3. The summed E-state index contributed by atoms with van der Waals surface area (Å²) in [6, 6.07) is 13.7. The van der Waals surface area contributed by atoms with E-state index < -0.39 is 0 Å². The van der Waals surface area contributed by atoms with E-state index in [0.29, 0.717) is 17.5 Å². The molecule has 2 aromatic carbocycles. The van der Waals surface area contributed by atoms with E-state index in [-0.39, 0.29) is 24.0 Å². The van der Waals surface area contributed by atoms with E-state index >= 15 is 0 Å². The molecule has 0 aliphatic rings. The number of thioether (sulfide) groups is 1. The molecule has 8 heteroatoms. The average Bonchev–Trinajstić information content (AvgIpc) is 3.15. The number of carbonyl (C=O) groups excluding carboxylic acids is 2.